The van der Waals surface area contributed by atoms with Crippen LogP contribution >= 0.6 is 0 Å². The van der Waals surface area contributed by atoms with Crippen LogP contribution in [0.15, 0.2) is 54.6 Å². The van der Waals surface area contributed by atoms with Crippen molar-refractivity contribution in [1.29, 1.82) is 0 Å². The van der Waals surface area contributed by atoms with Crippen LogP contribution in [-0.4, -0.2) is 35.9 Å². The lowest BCUT2D eigenvalue weighted by molar-refractivity contribution is -0.122. The van der Waals surface area contributed by atoms with Crippen molar-refractivity contribution in [3.8, 4) is 5.75 Å². The minimum atomic E-state index is -0.672. The van der Waals surface area contributed by atoms with Crippen LogP contribution in [0, 0.1) is 0 Å². The molecule has 1 aliphatic heterocycles. The fourth-order valence-corrected chi connectivity index (χ4v) is 3.21. The summed E-state index contributed by atoms with van der Waals surface area (Å²) in [6, 6.07) is 16.4. The summed E-state index contributed by atoms with van der Waals surface area (Å²) in [5, 5.41) is 2.85. The van der Waals surface area contributed by atoms with E-state index in [9.17, 15) is 9.59 Å². The van der Waals surface area contributed by atoms with Crippen molar-refractivity contribution in [3.05, 3.63) is 60.2 Å². The van der Waals surface area contributed by atoms with E-state index >= 15 is 0 Å². The first-order chi connectivity index (χ1) is 13.1. The van der Waals surface area contributed by atoms with Gasteiger partial charge in [-0.3, -0.25) is 9.59 Å². The van der Waals surface area contributed by atoms with Crippen LogP contribution in [0.1, 0.15) is 43.0 Å². The largest absolute Gasteiger partial charge is 0.481 e. The first kappa shape index (κ1) is 19.0. The number of carbonyl (C=O) groups is 2. The normalized spacial score (nSPS) is 15.5. The molecule has 0 saturated carbocycles. The van der Waals surface area contributed by atoms with E-state index in [0.29, 0.717) is 17.0 Å². The molecule has 2 amide bonds. The number of carbonyl (C=O) groups excluding carboxylic acids is 2. The fourth-order valence-electron chi connectivity index (χ4n) is 3.21. The van der Waals surface area contributed by atoms with E-state index in [1.807, 2.05) is 35.2 Å². The molecule has 142 valence electrons. The Morgan fingerprint density at radius 2 is 1.56 bits per heavy atom. The molecule has 1 N–H and O–H groups in total. The number of para-hydroxylation sites is 2. The maximum absolute atomic E-state index is 13.0. The van der Waals surface area contributed by atoms with Crippen molar-refractivity contribution >= 4 is 17.5 Å². The second-order valence-corrected chi connectivity index (χ2v) is 6.81. The molecule has 2 aromatic rings. The highest BCUT2D eigenvalue weighted by molar-refractivity contribution is 6.04. The molecule has 0 aromatic heterocycles. The predicted octanol–water partition coefficient (Wildman–Crippen LogP) is 4.11. The number of benzene rings is 2. The molecule has 1 saturated heterocycles. The van der Waals surface area contributed by atoms with Gasteiger partial charge in [-0.05, 0) is 44.0 Å². The van der Waals surface area contributed by atoms with E-state index in [1.54, 1.807) is 31.2 Å². The molecule has 0 bridgehead atoms. The van der Waals surface area contributed by atoms with Crippen molar-refractivity contribution in [2.75, 3.05) is 18.4 Å². The van der Waals surface area contributed by atoms with Crippen molar-refractivity contribution in [2.24, 2.45) is 0 Å². The van der Waals surface area contributed by atoms with Crippen molar-refractivity contribution in [1.82, 2.24) is 4.90 Å². The Kier molecular flexibility index (Phi) is 6.47. The SMILES string of the molecule is CC(Oc1ccccc1)C(=O)Nc1ccccc1C(=O)N1CCCCCC1. The Morgan fingerprint density at radius 3 is 2.26 bits per heavy atom. The van der Waals surface area contributed by atoms with Gasteiger partial charge in [-0.25, -0.2) is 0 Å². The van der Waals surface area contributed by atoms with Gasteiger partial charge in [0.05, 0.1) is 11.3 Å². The minimum Gasteiger partial charge on any atom is -0.481 e. The molecule has 1 aliphatic rings. The molecule has 0 radical (unpaired) electrons. The highest BCUT2D eigenvalue weighted by atomic mass is 16.5. The number of nitrogens with one attached hydrogen (secondary N) is 1. The lowest BCUT2D eigenvalue weighted by atomic mass is 10.1. The van der Waals surface area contributed by atoms with E-state index in [-0.39, 0.29) is 11.8 Å². The monoisotopic (exact) mass is 366 g/mol. The van der Waals surface area contributed by atoms with Crippen molar-refractivity contribution in [2.45, 2.75) is 38.7 Å². The van der Waals surface area contributed by atoms with Gasteiger partial charge in [0.15, 0.2) is 6.10 Å². The summed E-state index contributed by atoms with van der Waals surface area (Å²) < 4.78 is 5.67. The topological polar surface area (TPSA) is 58.6 Å². The number of amides is 2. The third-order valence-electron chi connectivity index (χ3n) is 4.73. The van der Waals surface area contributed by atoms with Crippen LogP contribution in [0.3, 0.4) is 0 Å². The number of rotatable bonds is 5. The van der Waals surface area contributed by atoms with Gasteiger partial charge in [0.1, 0.15) is 5.75 Å². The lowest BCUT2D eigenvalue weighted by Crippen LogP contribution is -2.34. The van der Waals surface area contributed by atoms with Crippen LogP contribution in [0.25, 0.3) is 0 Å². The first-order valence-electron chi connectivity index (χ1n) is 9.56. The van der Waals surface area contributed by atoms with E-state index in [4.69, 9.17) is 4.74 Å². The molecule has 1 unspecified atom stereocenters. The van der Waals surface area contributed by atoms with Gasteiger partial charge in [0.25, 0.3) is 11.8 Å². The number of ether oxygens (including phenoxy) is 1. The predicted molar refractivity (Wildman–Crippen MR) is 106 cm³/mol. The van der Waals surface area contributed by atoms with E-state index in [0.717, 1.165) is 38.8 Å². The molecule has 5 heteroatoms. The zero-order valence-corrected chi connectivity index (χ0v) is 15.7. The Hall–Kier alpha value is -2.82. The fraction of sp³-hybridized carbons (Fsp3) is 0.364. The molecule has 0 spiro atoms. The summed E-state index contributed by atoms with van der Waals surface area (Å²) >= 11 is 0. The van der Waals surface area contributed by atoms with Gasteiger partial charge < -0.3 is 15.0 Å². The van der Waals surface area contributed by atoms with E-state index in [1.165, 1.54) is 0 Å². The maximum Gasteiger partial charge on any atom is 0.265 e. The molecular weight excluding hydrogens is 340 g/mol. The van der Waals surface area contributed by atoms with Gasteiger partial charge in [0.2, 0.25) is 0 Å². The molecule has 1 atom stereocenters. The Morgan fingerprint density at radius 1 is 0.926 bits per heavy atom. The summed E-state index contributed by atoms with van der Waals surface area (Å²) in [7, 11) is 0. The quantitative estimate of drug-likeness (QED) is 0.866. The number of nitrogens with zero attached hydrogens (tertiary/aromatic N) is 1. The van der Waals surface area contributed by atoms with Gasteiger partial charge in [-0.15, -0.1) is 0 Å². The first-order valence-corrected chi connectivity index (χ1v) is 9.56. The summed E-state index contributed by atoms with van der Waals surface area (Å²) in [5.74, 6) is 0.327. The summed E-state index contributed by atoms with van der Waals surface area (Å²) in [5.41, 5.74) is 1.06. The number of anilines is 1. The lowest BCUT2D eigenvalue weighted by Gasteiger charge is -2.22. The van der Waals surface area contributed by atoms with Gasteiger partial charge in [-0.1, -0.05) is 43.2 Å². The van der Waals surface area contributed by atoms with Gasteiger partial charge in [0, 0.05) is 13.1 Å². The molecular formula is C22H26N2O3. The summed E-state index contributed by atoms with van der Waals surface area (Å²) in [6.45, 7) is 3.24. The van der Waals surface area contributed by atoms with E-state index < -0.39 is 6.10 Å². The van der Waals surface area contributed by atoms with E-state index in [2.05, 4.69) is 5.32 Å². The second-order valence-electron chi connectivity index (χ2n) is 6.81. The number of likely N-dealkylation sites (tertiary alicyclic amines) is 1. The Balaban J connectivity index is 1.69. The Labute approximate surface area is 160 Å². The number of hydrogen-bond acceptors (Lipinski definition) is 3. The third-order valence-corrected chi connectivity index (χ3v) is 4.73. The molecule has 5 nitrogen and oxygen atoms in total. The standard InChI is InChI=1S/C22H26N2O3/c1-17(27-18-11-5-4-6-12-18)21(25)23-20-14-8-7-13-19(20)22(26)24-15-9-2-3-10-16-24/h4-8,11-14,17H,2-3,9-10,15-16H2,1H3,(H,23,25). The second kappa shape index (κ2) is 9.21. The highest BCUT2D eigenvalue weighted by Crippen LogP contribution is 2.21. The molecule has 3 rings (SSSR count). The maximum atomic E-state index is 13.0. The Bertz CT molecular complexity index is 768. The van der Waals surface area contributed by atoms with Crippen molar-refractivity contribution < 1.29 is 14.3 Å². The average Bonchev–Trinajstić information content (AvgIpc) is 2.98. The average molecular weight is 366 g/mol. The molecule has 27 heavy (non-hydrogen) atoms. The highest BCUT2D eigenvalue weighted by Gasteiger charge is 2.22. The minimum absolute atomic E-state index is 0.0237. The zero-order valence-electron chi connectivity index (χ0n) is 15.7. The van der Waals surface area contributed by atoms with Gasteiger partial charge >= 0.3 is 0 Å². The molecule has 2 aromatic carbocycles. The summed E-state index contributed by atoms with van der Waals surface area (Å²) in [6.07, 6.45) is 3.71. The third kappa shape index (κ3) is 5.09. The number of hydrogen-bond donors (Lipinski definition) is 1. The zero-order chi connectivity index (χ0) is 19.1. The van der Waals surface area contributed by atoms with Crippen LogP contribution in [0.2, 0.25) is 0 Å². The van der Waals surface area contributed by atoms with Crippen LogP contribution in [-0.2, 0) is 4.79 Å². The van der Waals surface area contributed by atoms with Crippen LogP contribution < -0.4 is 10.1 Å². The summed E-state index contributed by atoms with van der Waals surface area (Å²) in [4.78, 5) is 27.4. The molecule has 1 fully saturated rings. The van der Waals surface area contributed by atoms with Crippen LogP contribution in [0.5, 0.6) is 5.75 Å². The molecule has 1 heterocycles. The molecule has 0 aliphatic carbocycles. The van der Waals surface area contributed by atoms with Crippen molar-refractivity contribution in [3.63, 3.8) is 0 Å². The van der Waals surface area contributed by atoms with Gasteiger partial charge in [-0.2, -0.15) is 0 Å². The van der Waals surface area contributed by atoms with Crippen LogP contribution in [0.4, 0.5) is 5.69 Å². The smallest absolute Gasteiger partial charge is 0.265 e.